The maximum atomic E-state index is 14.7. The van der Waals surface area contributed by atoms with E-state index >= 15 is 0 Å². The average Bonchev–Trinajstić information content (AvgIpc) is 3.38. The zero-order valence-electron chi connectivity index (χ0n) is 21.3. The van der Waals surface area contributed by atoms with Crippen molar-refractivity contribution in [2.75, 3.05) is 37.8 Å². The highest BCUT2D eigenvalue weighted by atomic mass is 32.1. The van der Waals surface area contributed by atoms with Gasteiger partial charge in [-0.1, -0.05) is 12.1 Å². The molecule has 2 heterocycles. The Labute approximate surface area is 229 Å². The highest BCUT2D eigenvalue weighted by Gasteiger charge is 2.27. The number of benzene rings is 2. The molecule has 204 valence electrons. The second-order valence-electron chi connectivity index (χ2n) is 9.08. The summed E-state index contributed by atoms with van der Waals surface area (Å²) < 4.78 is 33.3. The summed E-state index contributed by atoms with van der Waals surface area (Å²) in [6.07, 6.45) is 2.09. The van der Waals surface area contributed by atoms with Crippen LogP contribution in [0.4, 0.5) is 25.1 Å². The molecule has 0 unspecified atom stereocenters. The first-order chi connectivity index (χ1) is 18.7. The lowest BCUT2D eigenvalue weighted by molar-refractivity contribution is -0.119. The predicted octanol–water partition coefficient (Wildman–Crippen LogP) is 3.77. The monoisotopic (exact) mass is 555 g/mol. The van der Waals surface area contributed by atoms with Crippen LogP contribution >= 0.6 is 12.2 Å². The second-order valence-corrected chi connectivity index (χ2v) is 9.48. The minimum Gasteiger partial charge on any atom is -0.436 e. The summed E-state index contributed by atoms with van der Waals surface area (Å²) in [5.74, 6) is -1.37. The summed E-state index contributed by atoms with van der Waals surface area (Å²) in [5, 5.41) is 7.91. The van der Waals surface area contributed by atoms with Crippen LogP contribution in [0.5, 0.6) is 11.6 Å². The van der Waals surface area contributed by atoms with Gasteiger partial charge >= 0.3 is 6.03 Å². The maximum absolute atomic E-state index is 14.7. The van der Waals surface area contributed by atoms with Gasteiger partial charge in [0, 0.05) is 37.0 Å². The van der Waals surface area contributed by atoms with E-state index in [1.807, 2.05) is 14.1 Å². The van der Waals surface area contributed by atoms with Crippen LogP contribution in [-0.4, -0.2) is 70.0 Å². The Morgan fingerprint density at radius 1 is 1.10 bits per heavy atom. The molecule has 3 aromatic rings. The topological polar surface area (TPSA) is 112 Å². The van der Waals surface area contributed by atoms with Crippen molar-refractivity contribution in [2.45, 2.75) is 18.9 Å². The number of hydrogen-bond donors (Lipinski definition) is 3. The van der Waals surface area contributed by atoms with Gasteiger partial charge in [-0.15, -0.1) is 0 Å². The highest BCUT2D eigenvalue weighted by molar-refractivity contribution is 7.80. The predicted molar refractivity (Wildman–Crippen MR) is 146 cm³/mol. The van der Waals surface area contributed by atoms with Crippen LogP contribution in [0.2, 0.25) is 0 Å². The van der Waals surface area contributed by atoms with Crippen LogP contribution in [0.3, 0.4) is 0 Å². The van der Waals surface area contributed by atoms with Crippen molar-refractivity contribution in [3.63, 3.8) is 0 Å². The van der Waals surface area contributed by atoms with Gasteiger partial charge in [0.05, 0.1) is 6.42 Å². The van der Waals surface area contributed by atoms with Crippen molar-refractivity contribution in [1.82, 2.24) is 25.1 Å². The molecule has 1 aromatic heterocycles. The average molecular weight is 556 g/mol. The van der Waals surface area contributed by atoms with Crippen molar-refractivity contribution in [1.29, 1.82) is 0 Å². The van der Waals surface area contributed by atoms with Gasteiger partial charge in [-0.2, -0.15) is 0 Å². The third-order valence-electron chi connectivity index (χ3n) is 5.99. The first kappa shape index (κ1) is 27.8. The molecule has 3 N–H and O–H groups in total. The van der Waals surface area contributed by atoms with Gasteiger partial charge in [0.2, 0.25) is 11.8 Å². The minimum absolute atomic E-state index is 0.000746. The van der Waals surface area contributed by atoms with Gasteiger partial charge in [-0.3, -0.25) is 10.1 Å². The van der Waals surface area contributed by atoms with E-state index < -0.39 is 17.5 Å². The number of ether oxygens (including phenoxy) is 1. The zero-order chi connectivity index (χ0) is 27.9. The minimum atomic E-state index is -0.712. The molecule has 3 amide bonds. The number of nitrogens with zero attached hydrogens (tertiary/aromatic N) is 4. The Hall–Kier alpha value is -4.23. The summed E-state index contributed by atoms with van der Waals surface area (Å²) in [6, 6.07) is 11.0. The van der Waals surface area contributed by atoms with E-state index in [9.17, 15) is 18.4 Å². The van der Waals surface area contributed by atoms with Crippen molar-refractivity contribution < 1.29 is 23.1 Å². The molecule has 1 aliphatic heterocycles. The first-order valence-electron chi connectivity index (χ1n) is 12.0. The third kappa shape index (κ3) is 7.88. The Morgan fingerprint density at radius 3 is 2.56 bits per heavy atom. The number of aromatic nitrogens is 2. The van der Waals surface area contributed by atoms with Gasteiger partial charge in [-0.05, 0) is 62.6 Å². The molecule has 1 saturated heterocycles. The van der Waals surface area contributed by atoms with Gasteiger partial charge in [0.1, 0.15) is 18.0 Å². The van der Waals surface area contributed by atoms with Crippen molar-refractivity contribution >= 4 is 40.8 Å². The second kappa shape index (κ2) is 12.5. The molecule has 0 aliphatic carbocycles. The molecule has 1 aliphatic rings. The Morgan fingerprint density at radius 2 is 1.87 bits per heavy atom. The molecule has 2 aromatic carbocycles. The lowest BCUT2D eigenvalue weighted by atomic mass is 10.1. The maximum Gasteiger partial charge on any atom is 0.323 e. The van der Waals surface area contributed by atoms with Crippen LogP contribution in [0, 0.1) is 11.6 Å². The number of likely N-dealkylation sites (tertiary alicyclic amines) is 1. The van der Waals surface area contributed by atoms with Gasteiger partial charge in [0.25, 0.3) is 0 Å². The molecule has 10 nitrogen and oxygen atoms in total. The van der Waals surface area contributed by atoms with Crippen LogP contribution < -0.4 is 20.7 Å². The zero-order valence-corrected chi connectivity index (χ0v) is 22.1. The number of likely N-dealkylation sites (N-methyl/N-ethyl adjacent to an activating group) is 1. The fourth-order valence-corrected chi connectivity index (χ4v) is 4.13. The molecule has 4 rings (SSSR count). The van der Waals surface area contributed by atoms with Crippen LogP contribution in [0.15, 0.2) is 54.9 Å². The molecule has 0 spiro atoms. The van der Waals surface area contributed by atoms with Crippen molar-refractivity contribution in [3.05, 3.63) is 72.1 Å². The molecule has 0 radical (unpaired) electrons. The number of carbonyl (C=O) groups is 2. The Balaban J connectivity index is 1.30. The third-order valence-corrected chi connectivity index (χ3v) is 6.20. The quantitative estimate of drug-likeness (QED) is 0.378. The molecule has 0 bridgehead atoms. The number of rotatable bonds is 7. The lowest BCUT2D eigenvalue weighted by Gasteiger charge is -2.20. The van der Waals surface area contributed by atoms with Crippen molar-refractivity contribution in [2.24, 2.45) is 0 Å². The number of amides is 3. The van der Waals surface area contributed by atoms with Crippen LogP contribution in [0.25, 0.3) is 0 Å². The van der Waals surface area contributed by atoms with E-state index in [-0.39, 0.29) is 40.7 Å². The number of halogens is 2. The molecule has 1 atom stereocenters. The highest BCUT2D eigenvalue weighted by Crippen LogP contribution is 2.26. The fourth-order valence-electron chi connectivity index (χ4n) is 3.89. The molecule has 39 heavy (non-hydrogen) atoms. The first-order valence-corrected chi connectivity index (χ1v) is 12.4. The molecule has 13 heteroatoms. The fraction of sp³-hybridized carbons (Fsp3) is 0.269. The number of anilines is 2. The van der Waals surface area contributed by atoms with Crippen LogP contribution in [-0.2, 0) is 11.2 Å². The summed E-state index contributed by atoms with van der Waals surface area (Å²) in [6.45, 7) is 1.25. The van der Waals surface area contributed by atoms with E-state index in [0.717, 1.165) is 12.5 Å². The summed E-state index contributed by atoms with van der Waals surface area (Å²) in [4.78, 5) is 36.6. The van der Waals surface area contributed by atoms with E-state index in [1.165, 1.54) is 48.8 Å². The van der Waals surface area contributed by atoms with Gasteiger partial charge in [-0.25, -0.2) is 23.5 Å². The molecular formula is C26H27F2N7O3S. The molecule has 0 saturated carbocycles. The molecule has 1 fully saturated rings. The van der Waals surface area contributed by atoms with E-state index in [1.54, 1.807) is 4.90 Å². The van der Waals surface area contributed by atoms with Crippen LogP contribution in [0.1, 0.15) is 12.0 Å². The normalized spacial score (nSPS) is 14.7. The van der Waals surface area contributed by atoms with E-state index in [4.69, 9.17) is 17.0 Å². The number of hydrogen-bond acceptors (Lipinski definition) is 7. The molecular weight excluding hydrogens is 528 g/mol. The van der Waals surface area contributed by atoms with Crippen molar-refractivity contribution in [3.8, 4) is 11.6 Å². The van der Waals surface area contributed by atoms with E-state index in [2.05, 4.69) is 30.8 Å². The number of nitrogens with one attached hydrogen (secondary N) is 3. The summed E-state index contributed by atoms with van der Waals surface area (Å²) in [5.41, 5.74) is 0.898. The Kier molecular flexibility index (Phi) is 8.94. The number of thiocarbonyl (C=S) groups is 1. The largest absolute Gasteiger partial charge is 0.436 e. The van der Waals surface area contributed by atoms with E-state index in [0.29, 0.717) is 24.7 Å². The SMILES string of the molecule is CN(C)[C@@H]1CCN(C(=O)Nc2cc(Oc3ccc(NC(=S)NC(=O)Cc4ccc(F)cc4)cc3F)ncn2)C1. The van der Waals surface area contributed by atoms with Gasteiger partial charge < -0.3 is 25.2 Å². The Bertz CT molecular complexity index is 1360. The standard InChI is InChI=1S/C26H27F2N7O3S/c1-34(2)19-9-10-35(14-19)26(37)32-22-13-24(30-15-29-22)38-21-8-7-18(12-20(21)28)31-25(39)33-23(36)11-16-3-5-17(27)6-4-16/h3-8,12-13,15,19H,9-11,14H2,1-2H3,(H,29,30,32,37)(H2,31,33,36,39)/t19-/m1/s1. The number of carbonyl (C=O) groups excluding carboxylic acids is 2. The number of urea groups is 1. The van der Waals surface area contributed by atoms with Gasteiger partial charge in [0.15, 0.2) is 16.7 Å². The summed E-state index contributed by atoms with van der Waals surface area (Å²) in [7, 11) is 3.96. The smallest absolute Gasteiger partial charge is 0.323 e. The summed E-state index contributed by atoms with van der Waals surface area (Å²) >= 11 is 5.12. The lowest BCUT2D eigenvalue weighted by Crippen LogP contribution is -2.37.